The Morgan fingerprint density at radius 1 is 1.10 bits per heavy atom. The molecule has 0 atom stereocenters. The van der Waals surface area contributed by atoms with Gasteiger partial charge in [-0.2, -0.15) is 0 Å². The predicted molar refractivity (Wildman–Crippen MR) is 121 cm³/mol. The van der Waals surface area contributed by atoms with Gasteiger partial charge in [0, 0.05) is 26.3 Å². The predicted octanol–water partition coefficient (Wildman–Crippen LogP) is 5.24. The lowest BCUT2D eigenvalue weighted by Gasteiger charge is -2.24. The molecule has 2 heterocycles. The highest BCUT2D eigenvalue weighted by molar-refractivity contribution is 5.92. The molecule has 0 radical (unpaired) electrons. The number of aromatic nitrogens is 3. The molecule has 0 saturated heterocycles. The highest BCUT2D eigenvalue weighted by Crippen LogP contribution is 2.26. The van der Waals surface area contributed by atoms with Gasteiger partial charge < -0.3 is 14.5 Å². The Bertz CT molecular complexity index is 1200. The third-order valence-corrected chi connectivity index (χ3v) is 5.59. The van der Waals surface area contributed by atoms with E-state index in [1.807, 2.05) is 41.8 Å². The van der Waals surface area contributed by atoms with Crippen molar-refractivity contribution in [3.63, 3.8) is 0 Å². The van der Waals surface area contributed by atoms with Crippen molar-refractivity contribution in [1.82, 2.24) is 19.4 Å². The molecule has 2 aromatic heterocycles. The zero-order valence-corrected chi connectivity index (χ0v) is 18.1. The Balaban J connectivity index is 1.65. The van der Waals surface area contributed by atoms with E-state index < -0.39 is 0 Å². The zero-order chi connectivity index (χ0) is 21.3. The average Bonchev–Trinajstić information content (AvgIpc) is 3.32. The van der Waals surface area contributed by atoms with Gasteiger partial charge in [-0.1, -0.05) is 25.1 Å². The van der Waals surface area contributed by atoms with Crippen LogP contribution < -0.4 is 0 Å². The number of aryl methyl sites for hydroxylation is 3. The molecule has 0 saturated carbocycles. The van der Waals surface area contributed by atoms with Crippen LogP contribution in [0.15, 0.2) is 54.7 Å². The summed E-state index contributed by atoms with van der Waals surface area (Å²) in [4.78, 5) is 22.9. The summed E-state index contributed by atoms with van der Waals surface area (Å²) >= 11 is 0. The van der Waals surface area contributed by atoms with Crippen LogP contribution in [0.1, 0.15) is 40.8 Å². The SMILES string of the molecule is CCCN(Cc1cc(-c2ccc3nc(C)[nH]c3c2)ccc1C)C(=O)c1cccn1C. The number of nitrogens with one attached hydrogen (secondary N) is 1. The molecule has 0 aliphatic heterocycles. The molecule has 154 valence electrons. The lowest BCUT2D eigenvalue weighted by atomic mass is 9.99. The monoisotopic (exact) mass is 400 g/mol. The van der Waals surface area contributed by atoms with Gasteiger partial charge in [0.05, 0.1) is 11.0 Å². The van der Waals surface area contributed by atoms with Crippen LogP contribution in [-0.4, -0.2) is 31.9 Å². The third kappa shape index (κ3) is 3.88. The standard InChI is InChI=1S/C25H28N4O/c1-5-12-29(25(30)24-7-6-13-28(24)4)16-21-14-19(9-8-17(21)2)20-10-11-22-23(15-20)27-18(3)26-22/h6-11,13-15H,5,12,16H2,1-4H3,(H,26,27). The van der Waals surface area contributed by atoms with Gasteiger partial charge in [-0.15, -0.1) is 0 Å². The molecule has 5 heteroatoms. The number of benzene rings is 2. The fourth-order valence-electron chi connectivity index (χ4n) is 3.91. The van der Waals surface area contributed by atoms with Crippen molar-refractivity contribution >= 4 is 16.9 Å². The molecule has 2 aromatic carbocycles. The number of fused-ring (bicyclic) bond motifs is 1. The second-order valence-corrected chi connectivity index (χ2v) is 7.93. The maximum atomic E-state index is 13.1. The Morgan fingerprint density at radius 3 is 2.60 bits per heavy atom. The van der Waals surface area contributed by atoms with E-state index >= 15 is 0 Å². The Hall–Kier alpha value is -3.34. The number of carbonyl (C=O) groups excluding carboxylic acids is 1. The van der Waals surface area contributed by atoms with Crippen molar-refractivity contribution in [2.24, 2.45) is 7.05 Å². The first-order chi connectivity index (χ1) is 14.5. The summed E-state index contributed by atoms with van der Waals surface area (Å²) in [5.74, 6) is 0.990. The minimum Gasteiger partial charge on any atom is -0.347 e. The molecule has 1 N–H and O–H groups in total. The Kier molecular flexibility index (Phi) is 5.44. The Labute approximate surface area is 177 Å². The van der Waals surface area contributed by atoms with Crippen LogP contribution in [0, 0.1) is 13.8 Å². The highest BCUT2D eigenvalue weighted by Gasteiger charge is 2.18. The molecule has 5 nitrogen and oxygen atoms in total. The van der Waals surface area contributed by atoms with Crippen LogP contribution >= 0.6 is 0 Å². The minimum absolute atomic E-state index is 0.0727. The van der Waals surface area contributed by atoms with Gasteiger partial charge in [0.1, 0.15) is 11.5 Å². The van der Waals surface area contributed by atoms with Crippen molar-refractivity contribution in [2.45, 2.75) is 33.7 Å². The van der Waals surface area contributed by atoms with Crippen molar-refractivity contribution < 1.29 is 4.79 Å². The first-order valence-electron chi connectivity index (χ1n) is 10.4. The number of imidazole rings is 1. The zero-order valence-electron chi connectivity index (χ0n) is 18.1. The first kappa shape index (κ1) is 20.0. The van der Waals surface area contributed by atoms with Crippen LogP contribution in [-0.2, 0) is 13.6 Å². The molecule has 4 aromatic rings. The maximum absolute atomic E-state index is 13.1. The van der Waals surface area contributed by atoms with E-state index in [-0.39, 0.29) is 5.91 Å². The summed E-state index contributed by atoms with van der Waals surface area (Å²) < 4.78 is 1.88. The normalized spacial score (nSPS) is 11.2. The summed E-state index contributed by atoms with van der Waals surface area (Å²) in [6, 6.07) is 16.6. The minimum atomic E-state index is 0.0727. The molecule has 0 aliphatic rings. The van der Waals surface area contributed by atoms with E-state index in [1.54, 1.807) is 0 Å². The van der Waals surface area contributed by atoms with Gasteiger partial charge >= 0.3 is 0 Å². The van der Waals surface area contributed by atoms with Crippen LogP contribution in [0.2, 0.25) is 0 Å². The molecular formula is C25H28N4O. The number of nitrogens with zero attached hydrogens (tertiary/aromatic N) is 3. The maximum Gasteiger partial charge on any atom is 0.270 e. The van der Waals surface area contributed by atoms with Crippen molar-refractivity contribution in [3.8, 4) is 11.1 Å². The summed E-state index contributed by atoms with van der Waals surface area (Å²) in [6.45, 7) is 7.51. The number of H-pyrrole nitrogens is 1. The topological polar surface area (TPSA) is 53.9 Å². The second kappa shape index (κ2) is 8.19. The van der Waals surface area contributed by atoms with Gasteiger partial charge in [-0.25, -0.2) is 4.98 Å². The van der Waals surface area contributed by atoms with Gasteiger partial charge in [-0.3, -0.25) is 4.79 Å². The summed E-state index contributed by atoms with van der Waals surface area (Å²) in [7, 11) is 1.91. The molecule has 30 heavy (non-hydrogen) atoms. The molecule has 0 unspecified atom stereocenters. The van der Waals surface area contributed by atoms with Crippen LogP contribution in [0.5, 0.6) is 0 Å². The van der Waals surface area contributed by atoms with E-state index in [2.05, 4.69) is 60.2 Å². The van der Waals surface area contributed by atoms with Crippen LogP contribution in [0.3, 0.4) is 0 Å². The molecular weight excluding hydrogens is 372 g/mol. The van der Waals surface area contributed by atoms with E-state index in [4.69, 9.17) is 0 Å². The van der Waals surface area contributed by atoms with Crippen LogP contribution in [0.25, 0.3) is 22.2 Å². The number of hydrogen-bond acceptors (Lipinski definition) is 2. The fourth-order valence-corrected chi connectivity index (χ4v) is 3.91. The summed E-state index contributed by atoms with van der Waals surface area (Å²) in [6.07, 6.45) is 2.83. The second-order valence-electron chi connectivity index (χ2n) is 7.93. The lowest BCUT2D eigenvalue weighted by Crippen LogP contribution is -2.32. The third-order valence-electron chi connectivity index (χ3n) is 5.59. The van der Waals surface area contributed by atoms with E-state index in [0.717, 1.165) is 46.6 Å². The number of aromatic amines is 1. The Morgan fingerprint density at radius 2 is 1.87 bits per heavy atom. The molecule has 0 aliphatic carbocycles. The van der Waals surface area contributed by atoms with E-state index in [9.17, 15) is 4.79 Å². The largest absolute Gasteiger partial charge is 0.347 e. The first-order valence-corrected chi connectivity index (χ1v) is 10.4. The number of carbonyl (C=O) groups is 1. The quantitative estimate of drug-likeness (QED) is 0.481. The van der Waals surface area contributed by atoms with Gasteiger partial charge in [0.2, 0.25) is 0 Å². The van der Waals surface area contributed by atoms with Crippen molar-refractivity contribution in [2.75, 3.05) is 6.54 Å². The smallest absolute Gasteiger partial charge is 0.270 e. The lowest BCUT2D eigenvalue weighted by molar-refractivity contribution is 0.0733. The summed E-state index contributed by atoms with van der Waals surface area (Å²) in [5, 5.41) is 0. The highest BCUT2D eigenvalue weighted by atomic mass is 16.2. The number of amides is 1. The van der Waals surface area contributed by atoms with Crippen molar-refractivity contribution in [3.05, 3.63) is 77.4 Å². The van der Waals surface area contributed by atoms with Crippen molar-refractivity contribution in [1.29, 1.82) is 0 Å². The van der Waals surface area contributed by atoms with Gasteiger partial charge in [-0.05, 0) is 72.9 Å². The molecule has 0 fully saturated rings. The molecule has 1 amide bonds. The van der Waals surface area contributed by atoms with Gasteiger partial charge in [0.25, 0.3) is 5.91 Å². The molecule has 0 spiro atoms. The van der Waals surface area contributed by atoms with Crippen LogP contribution in [0.4, 0.5) is 0 Å². The summed E-state index contributed by atoms with van der Waals surface area (Å²) in [5.41, 5.74) is 7.39. The average molecular weight is 401 g/mol. The van der Waals surface area contributed by atoms with Gasteiger partial charge in [0.15, 0.2) is 0 Å². The molecule has 4 rings (SSSR count). The van der Waals surface area contributed by atoms with E-state index in [1.165, 1.54) is 11.1 Å². The number of hydrogen-bond donors (Lipinski definition) is 1. The van der Waals surface area contributed by atoms with E-state index in [0.29, 0.717) is 6.54 Å². The fraction of sp³-hybridized carbons (Fsp3) is 0.280. The molecule has 0 bridgehead atoms. The number of rotatable bonds is 6.